The van der Waals surface area contributed by atoms with Gasteiger partial charge in [-0.2, -0.15) is 0 Å². The van der Waals surface area contributed by atoms with Crippen LogP contribution in [0.2, 0.25) is 0 Å². The summed E-state index contributed by atoms with van der Waals surface area (Å²) in [5, 5.41) is 18.5. The molecular weight excluding hydrogens is 254 g/mol. The van der Waals surface area contributed by atoms with E-state index in [9.17, 15) is 0 Å². The molecule has 0 aliphatic carbocycles. The Balaban J connectivity index is 2.50. The highest BCUT2D eigenvalue weighted by atomic mass is 79.9. The second kappa shape index (κ2) is 5.59. The number of hydrogen-bond donors (Lipinski definition) is 2. The fourth-order valence-electron chi connectivity index (χ4n) is 0.705. The topological polar surface area (TPSA) is 53.4 Å². The Labute approximate surface area is 89.3 Å². The number of aliphatic hydroxyl groups excluding tert-OH is 2. The molecule has 0 bridgehead atoms. The van der Waals surface area contributed by atoms with Crippen LogP contribution in [0, 0.1) is 0 Å². The van der Waals surface area contributed by atoms with Crippen molar-refractivity contribution in [1.82, 2.24) is 4.98 Å². The van der Waals surface area contributed by atoms with Crippen LogP contribution in [0.5, 0.6) is 0 Å². The standard InChI is InChI=1S/C8H10BrNO2S/c9-7-2-1-3-10-8(7)13-5-6(12)4-11/h1-3,6,11-12H,4-5H2/t6-/m1/s1. The minimum Gasteiger partial charge on any atom is -0.394 e. The van der Waals surface area contributed by atoms with E-state index in [0.717, 1.165) is 9.50 Å². The molecule has 72 valence electrons. The Morgan fingerprint density at radius 3 is 3.00 bits per heavy atom. The maximum atomic E-state index is 9.10. The summed E-state index contributed by atoms with van der Waals surface area (Å²) >= 11 is 4.75. The Kier molecular flexibility index (Phi) is 4.72. The lowest BCUT2D eigenvalue weighted by molar-refractivity contribution is 0.113. The van der Waals surface area contributed by atoms with Gasteiger partial charge in [-0.05, 0) is 28.1 Å². The summed E-state index contributed by atoms with van der Waals surface area (Å²) in [6.07, 6.45) is 1.01. The van der Waals surface area contributed by atoms with Crippen LogP contribution < -0.4 is 0 Å². The van der Waals surface area contributed by atoms with Crippen LogP contribution in [0.25, 0.3) is 0 Å². The molecule has 0 aliphatic heterocycles. The second-order valence-electron chi connectivity index (χ2n) is 2.44. The molecule has 0 saturated heterocycles. The molecule has 1 heterocycles. The molecule has 5 heteroatoms. The zero-order valence-corrected chi connectivity index (χ0v) is 9.25. The predicted octanol–water partition coefficient (Wildman–Crippen LogP) is 1.29. The van der Waals surface area contributed by atoms with E-state index in [1.807, 2.05) is 12.1 Å². The fourth-order valence-corrected chi connectivity index (χ4v) is 2.10. The summed E-state index contributed by atoms with van der Waals surface area (Å²) in [4.78, 5) is 4.11. The van der Waals surface area contributed by atoms with Gasteiger partial charge in [0.25, 0.3) is 0 Å². The average Bonchev–Trinajstić information content (AvgIpc) is 2.16. The Morgan fingerprint density at radius 1 is 1.62 bits per heavy atom. The van der Waals surface area contributed by atoms with Gasteiger partial charge in [0, 0.05) is 16.4 Å². The number of hydrogen-bond acceptors (Lipinski definition) is 4. The molecule has 2 N–H and O–H groups in total. The summed E-state index contributed by atoms with van der Waals surface area (Å²) in [5.74, 6) is 0.451. The van der Waals surface area contributed by atoms with Crippen molar-refractivity contribution >= 4 is 27.7 Å². The van der Waals surface area contributed by atoms with Crippen LogP contribution in [0.3, 0.4) is 0 Å². The molecule has 0 saturated carbocycles. The highest BCUT2D eigenvalue weighted by Gasteiger charge is 2.05. The number of halogens is 1. The van der Waals surface area contributed by atoms with E-state index in [1.54, 1.807) is 6.20 Å². The summed E-state index contributed by atoms with van der Waals surface area (Å²) in [5.41, 5.74) is 0. The lowest BCUT2D eigenvalue weighted by atomic mass is 10.4. The van der Waals surface area contributed by atoms with Crippen molar-refractivity contribution in [2.24, 2.45) is 0 Å². The second-order valence-corrected chi connectivity index (χ2v) is 4.30. The molecule has 0 unspecified atom stereocenters. The number of nitrogens with zero attached hydrogens (tertiary/aromatic N) is 1. The third kappa shape index (κ3) is 3.64. The molecule has 1 aromatic heterocycles. The summed E-state index contributed by atoms with van der Waals surface area (Å²) in [6, 6.07) is 3.72. The van der Waals surface area contributed by atoms with Gasteiger partial charge in [-0.3, -0.25) is 0 Å². The minimum absolute atomic E-state index is 0.211. The normalized spacial score (nSPS) is 12.8. The van der Waals surface area contributed by atoms with Gasteiger partial charge in [-0.25, -0.2) is 4.98 Å². The van der Waals surface area contributed by atoms with E-state index in [-0.39, 0.29) is 6.61 Å². The summed E-state index contributed by atoms with van der Waals surface area (Å²) in [7, 11) is 0. The molecule has 1 aromatic rings. The molecule has 3 nitrogen and oxygen atoms in total. The molecule has 1 atom stereocenters. The van der Waals surface area contributed by atoms with Crippen molar-refractivity contribution in [1.29, 1.82) is 0 Å². The van der Waals surface area contributed by atoms with Gasteiger partial charge in [0.05, 0.1) is 12.7 Å². The first-order valence-corrected chi connectivity index (χ1v) is 5.54. The highest BCUT2D eigenvalue weighted by Crippen LogP contribution is 2.24. The monoisotopic (exact) mass is 263 g/mol. The van der Waals surface area contributed by atoms with Crippen molar-refractivity contribution in [3.63, 3.8) is 0 Å². The molecule has 0 radical (unpaired) electrons. The average molecular weight is 264 g/mol. The zero-order valence-electron chi connectivity index (χ0n) is 6.85. The van der Waals surface area contributed by atoms with E-state index in [2.05, 4.69) is 20.9 Å². The Morgan fingerprint density at radius 2 is 2.38 bits per heavy atom. The third-order valence-corrected chi connectivity index (χ3v) is 3.40. The molecular formula is C8H10BrNO2S. The maximum Gasteiger partial charge on any atom is 0.110 e. The smallest absolute Gasteiger partial charge is 0.110 e. The van der Waals surface area contributed by atoms with Gasteiger partial charge in [-0.1, -0.05) is 0 Å². The summed E-state index contributed by atoms with van der Waals surface area (Å²) in [6.45, 7) is -0.211. The molecule has 1 rings (SSSR count). The van der Waals surface area contributed by atoms with Crippen LogP contribution in [-0.4, -0.2) is 33.7 Å². The van der Waals surface area contributed by atoms with Crippen molar-refractivity contribution in [3.05, 3.63) is 22.8 Å². The van der Waals surface area contributed by atoms with Gasteiger partial charge in [-0.15, -0.1) is 11.8 Å². The van der Waals surface area contributed by atoms with Crippen molar-refractivity contribution in [2.45, 2.75) is 11.1 Å². The molecule has 0 aromatic carbocycles. The van der Waals surface area contributed by atoms with E-state index in [4.69, 9.17) is 10.2 Å². The van der Waals surface area contributed by atoms with Crippen LogP contribution in [0.4, 0.5) is 0 Å². The van der Waals surface area contributed by atoms with Crippen LogP contribution >= 0.6 is 27.7 Å². The fraction of sp³-hybridized carbons (Fsp3) is 0.375. The third-order valence-electron chi connectivity index (χ3n) is 1.35. The van der Waals surface area contributed by atoms with E-state index < -0.39 is 6.10 Å². The predicted molar refractivity (Wildman–Crippen MR) is 55.8 cm³/mol. The SMILES string of the molecule is OC[C@@H](O)CSc1ncccc1Br. The Hall–Kier alpha value is -0.100. The number of pyridine rings is 1. The highest BCUT2D eigenvalue weighted by molar-refractivity contribution is 9.10. The van der Waals surface area contributed by atoms with Crippen LogP contribution in [0.1, 0.15) is 0 Å². The van der Waals surface area contributed by atoms with Crippen LogP contribution in [-0.2, 0) is 0 Å². The van der Waals surface area contributed by atoms with Crippen molar-refractivity contribution in [2.75, 3.05) is 12.4 Å². The molecule has 0 spiro atoms. The van der Waals surface area contributed by atoms with Gasteiger partial charge >= 0.3 is 0 Å². The van der Waals surface area contributed by atoms with Crippen molar-refractivity contribution < 1.29 is 10.2 Å². The molecule has 13 heavy (non-hydrogen) atoms. The molecule has 0 fully saturated rings. The minimum atomic E-state index is -0.682. The van der Waals surface area contributed by atoms with Gasteiger partial charge in [0.2, 0.25) is 0 Å². The van der Waals surface area contributed by atoms with Gasteiger partial charge in [0.15, 0.2) is 0 Å². The quantitative estimate of drug-likeness (QED) is 0.805. The maximum absolute atomic E-state index is 9.10. The first-order valence-electron chi connectivity index (χ1n) is 3.76. The lowest BCUT2D eigenvalue weighted by Crippen LogP contribution is -2.14. The van der Waals surface area contributed by atoms with Gasteiger partial charge < -0.3 is 10.2 Å². The first-order chi connectivity index (χ1) is 6.24. The van der Waals surface area contributed by atoms with E-state index in [0.29, 0.717) is 5.75 Å². The number of aromatic nitrogens is 1. The van der Waals surface area contributed by atoms with Gasteiger partial charge in [0.1, 0.15) is 5.03 Å². The van der Waals surface area contributed by atoms with Crippen LogP contribution in [0.15, 0.2) is 27.8 Å². The number of rotatable bonds is 4. The molecule has 0 amide bonds. The number of aliphatic hydroxyl groups is 2. The lowest BCUT2D eigenvalue weighted by Gasteiger charge is -2.06. The zero-order chi connectivity index (χ0) is 9.68. The van der Waals surface area contributed by atoms with Crippen molar-refractivity contribution in [3.8, 4) is 0 Å². The number of thioether (sulfide) groups is 1. The Bertz CT molecular complexity index is 272. The van der Waals surface area contributed by atoms with E-state index in [1.165, 1.54) is 11.8 Å². The largest absolute Gasteiger partial charge is 0.394 e. The summed E-state index contributed by atoms with van der Waals surface area (Å²) < 4.78 is 0.908. The molecule has 0 aliphatic rings. The first kappa shape index (κ1) is 11.0. The van der Waals surface area contributed by atoms with E-state index >= 15 is 0 Å².